The highest BCUT2D eigenvalue weighted by Gasteiger charge is 2.32. The number of nitrogens with one attached hydrogen (secondary N) is 3. The summed E-state index contributed by atoms with van der Waals surface area (Å²) in [5, 5.41) is 8.82. The lowest BCUT2D eigenvalue weighted by Gasteiger charge is -2.13. The van der Waals surface area contributed by atoms with E-state index in [1.54, 1.807) is 37.3 Å². The number of hydrogen-bond donors (Lipinski definition) is 3. The van der Waals surface area contributed by atoms with Crippen LogP contribution in [0.15, 0.2) is 54.6 Å². The predicted octanol–water partition coefficient (Wildman–Crippen LogP) is 5.11. The summed E-state index contributed by atoms with van der Waals surface area (Å²) in [4.78, 5) is 21.0. The second-order valence-electron chi connectivity index (χ2n) is 6.42. The third-order valence-corrected chi connectivity index (χ3v) is 3.97. The fourth-order valence-electron chi connectivity index (χ4n) is 2.75. The number of hydrogen-bond acceptors (Lipinski definition) is 6. The van der Waals surface area contributed by atoms with Gasteiger partial charge in [-0.1, -0.05) is 12.1 Å². The van der Waals surface area contributed by atoms with Crippen LogP contribution in [-0.2, 0) is 0 Å². The maximum atomic E-state index is 12.6. The van der Waals surface area contributed by atoms with Crippen molar-refractivity contribution in [2.45, 2.75) is 20.2 Å². The smallest absolute Gasteiger partial charge is 0.405 e. The lowest BCUT2D eigenvalue weighted by Crippen LogP contribution is -2.20. The van der Waals surface area contributed by atoms with Crippen molar-refractivity contribution in [1.82, 2.24) is 9.97 Å². The monoisotopic (exact) mass is 431 g/mol. The highest BCUT2D eigenvalue weighted by atomic mass is 19.4. The van der Waals surface area contributed by atoms with Gasteiger partial charge in [0.15, 0.2) is 0 Å². The fourth-order valence-corrected chi connectivity index (χ4v) is 2.75. The number of halogens is 3. The van der Waals surface area contributed by atoms with E-state index in [1.165, 1.54) is 18.2 Å². The molecule has 1 amide bonds. The molecule has 0 saturated heterocycles. The van der Waals surface area contributed by atoms with Crippen molar-refractivity contribution in [2.24, 2.45) is 0 Å². The van der Waals surface area contributed by atoms with Crippen molar-refractivity contribution in [3.05, 3.63) is 66.0 Å². The summed E-state index contributed by atoms with van der Waals surface area (Å²) in [6, 6.07) is 13.6. The quantitative estimate of drug-likeness (QED) is 0.482. The molecule has 3 aromatic rings. The van der Waals surface area contributed by atoms with Crippen LogP contribution in [0.5, 0.6) is 5.75 Å². The van der Waals surface area contributed by atoms with Crippen LogP contribution in [-0.4, -0.2) is 28.8 Å². The zero-order chi connectivity index (χ0) is 22.4. The van der Waals surface area contributed by atoms with Gasteiger partial charge in [0.25, 0.3) is 5.91 Å². The number of aromatic nitrogens is 2. The molecule has 3 rings (SSSR count). The van der Waals surface area contributed by atoms with Gasteiger partial charge >= 0.3 is 6.36 Å². The van der Waals surface area contributed by atoms with Crippen molar-refractivity contribution >= 4 is 28.9 Å². The topological polar surface area (TPSA) is 88.2 Å². The number of rotatable bonds is 7. The zero-order valence-electron chi connectivity index (χ0n) is 16.7. The molecule has 1 heterocycles. The number of aryl methyl sites for hydroxylation is 1. The van der Waals surface area contributed by atoms with Gasteiger partial charge < -0.3 is 20.7 Å². The largest absolute Gasteiger partial charge is 0.573 e. The van der Waals surface area contributed by atoms with E-state index in [1.807, 2.05) is 6.92 Å². The molecule has 0 spiro atoms. The molecule has 31 heavy (non-hydrogen) atoms. The first kappa shape index (κ1) is 21.9. The average molecular weight is 431 g/mol. The zero-order valence-corrected chi connectivity index (χ0v) is 16.7. The third kappa shape index (κ3) is 6.33. The number of alkyl halides is 3. The molecule has 2 aromatic carbocycles. The minimum Gasteiger partial charge on any atom is -0.405 e. The predicted molar refractivity (Wildman–Crippen MR) is 112 cm³/mol. The molecule has 0 bridgehead atoms. The Morgan fingerprint density at radius 1 is 1.00 bits per heavy atom. The molecule has 0 aliphatic rings. The summed E-state index contributed by atoms with van der Waals surface area (Å²) in [6.45, 7) is 4.47. The van der Waals surface area contributed by atoms with E-state index in [-0.39, 0.29) is 5.56 Å². The molecular weight excluding hydrogens is 411 g/mol. The maximum absolute atomic E-state index is 12.6. The molecule has 3 N–H and O–H groups in total. The molecule has 1 aromatic heterocycles. The molecule has 0 saturated carbocycles. The van der Waals surface area contributed by atoms with Crippen molar-refractivity contribution < 1.29 is 22.7 Å². The minimum atomic E-state index is -4.89. The van der Waals surface area contributed by atoms with Crippen LogP contribution in [0.2, 0.25) is 0 Å². The normalized spacial score (nSPS) is 11.0. The lowest BCUT2D eigenvalue weighted by atomic mass is 10.2. The standard InChI is InChI=1S/C21H20F3N5O2/c1-3-25-18-12-19(27-13(2)26-18)28-14-8-10-15(11-9-14)29-20(30)16-6-4-5-7-17(16)31-21(22,23)24/h4-12H,3H2,1-2H3,(H,29,30)(H2,25,26,27,28). The van der Waals surface area contributed by atoms with E-state index in [2.05, 4.69) is 30.7 Å². The first-order valence-corrected chi connectivity index (χ1v) is 9.36. The second-order valence-corrected chi connectivity index (χ2v) is 6.42. The molecule has 0 aliphatic heterocycles. The van der Waals surface area contributed by atoms with Gasteiger partial charge in [0.05, 0.1) is 5.56 Å². The number of anilines is 4. The number of para-hydroxylation sites is 1. The van der Waals surface area contributed by atoms with E-state index in [0.717, 1.165) is 12.6 Å². The van der Waals surface area contributed by atoms with Gasteiger partial charge in [0.2, 0.25) is 0 Å². The van der Waals surface area contributed by atoms with Crippen LogP contribution in [0.3, 0.4) is 0 Å². The Balaban J connectivity index is 1.70. The first-order valence-electron chi connectivity index (χ1n) is 9.36. The van der Waals surface area contributed by atoms with Crippen molar-refractivity contribution in [3.8, 4) is 5.75 Å². The van der Waals surface area contributed by atoms with Crippen LogP contribution in [0.1, 0.15) is 23.1 Å². The number of carbonyl (C=O) groups excluding carboxylic acids is 1. The number of amides is 1. The van der Waals surface area contributed by atoms with E-state index in [4.69, 9.17) is 0 Å². The highest BCUT2D eigenvalue weighted by Crippen LogP contribution is 2.27. The van der Waals surface area contributed by atoms with Crippen LogP contribution in [0.25, 0.3) is 0 Å². The van der Waals surface area contributed by atoms with Crippen molar-refractivity contribution in [3.63, 3.8) is 0 Å². The Labute approximate surface area is 176 Å². The summed E-state index contributed by atoms with van der Waals surface area (Å²) in [7, 11) is 0. The van der Waals surface area contributed by atoms with Crippen molar-refractivity contribution in [2.75, 3.05) is 22.5 Å². The van der Waals surface area contributed by atoms with E-state index in [9.17, 15) is 18.0 Å². The van der Waals surface area contributed by atoms with Crippen molar-refractivity contribution in [1.29, 1.82) is 0 Å². The Morgan fingerprint density at radius 3 is 2.32 bits per heavy atom. The Bertz CT molecular complexity index is 1060. The lowest BCUT2D eigenvalue weighted by molar-refractivity contribution is -0.274. The number of carbonyl (C=O) groups is 1. The van der Waals surface area contributed by atoms with Crippen LogP contribution < -0.4 is 20.7 Å². The van der Waals surface area contributed by atoms with Gasteiger partial charge in [-0.2, -0.15) is 0 Å². The van der Waals surface area contributed by atoms with Gasteiger partial charge in [0.1, 0.15) is 23.2 Å². The summed E-state index contributed by atoms with van der Waals surface area (Å²) in [5.41, 5.74) is 0.887. The summed E-state index contributed by atoms with van der Waals surface area (Å²) < 4.78 is 41.6. The molecule has 0 aliphatic carbocycles. The van der Waals surface area contributed by atoms with Gasteiger partial charge in [-0.25, -0.2) is 9.97 Å². The van der Waals surface area contributed by atoms with E-state index in [0.29, 0.717) is 28.8 Å². The van der Waals surface area contributed by atoms with Gasteiger partial charge in [-0.15, -0.1) is 13.2 Å². The Kier molecular flexibility index (Phi) is 6.58. The van der Waals surface area contributed by atoms with Gasteiger partial charge in [0, 0.05) is 24.0 Å². The summed E-state index contributed by atoms with van der Waals surface area (Å²) in [6.07, 6.45) is -4.89. The first-order chi connectivity index (χ1) is 14.7. The van der Waals surface area contributed by atoms with Gasteiger partial charge in [-0.05, 0) is 50.2 Å². The molecule has 0 atom stereocenters. The number of benzene rings is 2. The van der Waals surface area contributed by atoms with Gasteiger partial charge in [-0.3, -0.25) is 4.79 Å². The van der Waals surface area contributed by atoms with E-state index >= 15 is 0 Å². The molecule has 0 fully saturated rings. The molecule has 162 valence electrons. The van der Waals surface area contributed by atoms with Crippen LogP contribution in [0.4, 0.5) is 36.2 Å². The fraction of sp³-hybridized carbons (Fsp3) is 0.190. The third-order valence-electron chi connectivity index (χ3n) is 3.97. The van der Waals surface area contributed by atoms with Crippen LogP contribution >= 0.6 is 0 Å². The Hall–Kier alpha value is -3.82. The number of ether oxygens (including phenoxy) is 1. The minimum absolute atomic E-state index is 0.227. The summed E-state index contributed by atoms with van der Waals surface area (Å²) >= 11 is 0. The molecular formula is C21H20F3N5O2. The maximum Gasteiger partial charge on any atom is 0.573 e. The number of nitrogens with zero attached hydrogens (tertiary/aromatic N) is 2. The average Bonchev–Trinajstić information content (AvgIpc) is 2.68. The SMILES string of the molecule is CCNc1cc(Nc2ccc(NC(=O)c3ccccc3OC(F)(F)F)cc2)nc(C)n1. The molecule has 10 heteroatoms. The Morgan fingerprint density at radius 2 is 1.65 bits per heavy atom. The summed E-state index contributed by atoms with van der Waals surface area (Å²) in [5.74, 6) is 0.604. The van der Waals surface area contributed by atoms with E-state index < -0.39 is 18.0 Å². The molecule has 0 unspecified atom stereocenters. The molecule has 0 radical (unpaired) electrons. The highest BCUT2D eigenvalue weighted by molar-refractivity contribution is 6.06. The molecule has 7 nitrogen and oxygen atoms in total. The second kappa shape index (κ2) is 9.33. The van der Waals surface area contributed by atoms with Crippen LogP contribution in [0, 0.1) is 6.92 Å².